The monoisotopic (exact) mass is 484 g/mol. The highest BCUT2D eigenvalue weighted by molar-refractivity contribution is 14.0. The molecule has 1 heterocycles. The molecule has 0 aliphatic carbocycles. The van der Waals surface area contributed by atoms with Crippen LogP contribution in [0.1, 0.15) is 54.4 Å². The van der Waals surface area contributed by atoms with Gasteiger partial charge >= 0.3 is 0 Å². The Bertz CT molecular complexity index is 367. The molecule has 1 aliphatic heterocycles. The van der Waals surface area contributed by atoms with Crippen LogP contribution in [0.4, 0.5) is 0 Å². The predicted octanol–water partition coefficient (Wildman–Crippen LogP) is 2.86. The van der Waals surface area contributed by atoms with E-state index in [4.69, 9.17) is 14.5 Å². The van der Waals surface area contributed by atoms with Gasteiger partial charge in [-0.25, -0.2) is 0 Å². The van der Waals surface area contributed by atoms with Crippen molar-refractivity contribution in [2.45, 2.75) is 78.6 Å². The maximum absolute atomic E-state index is 5.88. The number of nitrogens with one attached hydrogen (secondary N) is 2. The summed E-state index contributed by atoms with van der Waals surface area (Å²) in [4.78, 5) is 7.22. The van der Waals surface area contributed by atoms with Gasteiger partial charge < -0.3 is 20.1 Å². The molecule has 0 saturated carbocycles. The molecule has 6 nitrogen and oxygen atoms in total. The number of aliphatic imine (C=N–C) groups is 1. The molecule has 1 rings (SSSR count). The zero-order chi connectivity index (χ0) is 18.7. The van der Waals surface area contributed by atoms with Crippen LogP contribution in [-0.4, -0.2) is 74.5 Å². The highest BCUT2D eigenvalue weighted by atomic mass is 127. The van der Waals surface area contributed by atoms with Gasteiger partial charge in [0.2, 0.25) is 0 Å². The van der Waals surface area contributed by atoms with Gasteiger partial charge in [0.15, 0.2) is 5.96 Å². The lowest BCUT2D eigenvalue weighted by Crippen LogP contribution is -2.44. The van der Waals surface area contributed by atoms with Gasteiger partial charge in [-0.1, -0.05) is 0 Å². The lowest BCUT2D eigenvalue weighted by atomic mass is 10.2. The lowest BCUT2D eigenvalue weighted by Gasteiger charge is -2.30. The smallest absolute Gasteiger partial charge is 0.191 e. The second-order valence-electron chi connectivity index (χ2n) is 7.40. The van der Waals surface area contributed by atoms with Gasteiger partial charge in [-0.2, -0.15) is 0 Å². The van der Waals surface area contributed by atoms with Crippen LogP contribution in [0, 0.1) is 0 Å². The normalized spacial score (nSPS) is 19.1. The van der Waals surface area contributed by atoms with Crippen LogP contribution >= 0.6 is 24.0 Å². The largest absolute Gasteiger partial charge is 0.379 e. The molecule has 26 heavy (non-hydrogen) atoms. The third-order valence-corrected chi connectivity index (χ3v) is 4.37. The first-order valence-corrected chi connectivity index (χ1v) is 9.94. The first-order chi connectivity index (χ1) is 11.9. The molecular formula is C19H41IN4O2. The topological polar surface area (TPSA) is 58.1 Å². The van der Waals surface area contributed by atoms with Gasteiger partial charge in [0.05, 0.1) is 19.3 Å². The van der Waals surface area contributed by atoms with Crippen molar-refractivity contribution in [1.29, 1.82) is 0 Å². The molecule has 0 amide bonds. The van der Waals surface area contributed by atoms with Crippen LogP contribution in [0.2, 0.25) is 0 Å². The standard InChI is InChI=1S/C19H40N4O2.HI/c1-7-20-19(21-10-8-11-23(15(2)3)16(4)5)22-17(6)13-25-18-9-12-24-14-18;/h15-18H,7-14H2,1-6H3,(H2,20,21,22);1H. The second kappa shape index (κ2) is 14.9. The third-order valence-electron chi connectivity index (χ3n) is 4.37. The fourth-order valence-corrected chi connectivity index (χ4v) is 3.08. The van der Waals surface area contributed by atoms with Crippen molar-refractivity contribution >= 4 is 29.9 Å². The highest BCUT2D eigenvalue weighted by Gasteiger charge is 2.17. The molecule has 0 aromatic heterocycles. The zero-order valence-corrected chi connectivity index (χ0v) is 19.9. The summed E-state index contributed by atoms with van der Waals surface area (Å²) in [6, 6.07) is 1.38. The van der Waals surface area contributed by atoms with E-state index in [2.05, 4.69) is 57.1 Å². The van der Waals surface area contributed by atoms with Gasteiger partial charge in [-0.05, 0) is 54.4 Å². The molecule has 0 spiro atoms. The molecule has 2 unspecified atom stereocenters. The van der Waals surface area contributed by atoms with E-state index < -0.39 is 0 Å². The van der Waals surface area contributed by atoms with Crippen LogP contribution in [0.25, 0.3) is 0 Å². The molecule has 7 heteroatoms. The van der Waals surface area contributed by atoms with Crippen molar-refractivity contribution in [2.75, 3.05) is 39.5 Å². The first-order valence-electron chi connectivity index (χ1n) is 9.94. The van der Waals surface area contributed by atoms with Crippen LogP contribution < -0.4 is 10.6 Å². The van der Waals surface area contributed by atoms with Gasteiger partial charge in [-0.15, -0.1) is 24.0 Å². The highest BCUT2D eigenvalue weighted by Crippen LogP contribution is 2.08. The number of rotatable bonds is 11. The van der Waals surface area contributed by atoms with Crippen molar-refractivity contribution in [3.63, 3.8) is 0 Å². The Balaban J connectivity index is 0.00000625. The molecule has 2 atom stereocenters. The SMILES string of the molecule is CCNC(=NCCCN(C(C)C)C(C)C)NC(C)COC1CCOC1.I. The van der Waals surface area contributed by atoms with Crippen LogP contribution in [0.3, 0.4) is 0 Å². The molecule has 0 bridgehead atoms. The van der Waals surface area contributed by atoms with E-state index in [1.165, 1.54) is 0 Å². The number of hydrogen-bond acceptors (Lipinski definition) is 4. The molecule has 156 valence electrons. The van der Waals surface area contributed by atoms with E-state index in [0.717, 1.165) is 51.6 Å². The summed E-state index contributed by atoms with van der Waals surface area (Å²) in [5.41, 5.74) is 0. The Hall–Kier alpha value is -0.120. The zero-order valence-electron chi connectivity index (χ0n) is 17.6. The number of ether oxygens (including phenoxy) is 2. The molecule has 1 fully saturated rings. The maximum Gasteiger partial charge on any atom is 0.191 e. The Morgan fingerprint density at radius 3 is 2.46 bits per heavy atom. The number of nitrogens with zero attached hydrogens (tertiary/aromatic N) is 2. The third kappa shape index (κ3) is 10.9. The van der Waals surface area contributed by atoms with Gasteiger partial charge in [0.1, 0.15) is 0 Å². The Labute approximate surface area is 177 Å². The second-order valence-corrected chi connectivity index (χ2v) is 7.40. The minimum absolute atomic E-state index is 0. The molecular weight excluding hydrogens is 443 g/mol. The molecule has 0 aromatic rings. The molecule has 1 aliphatic rings. The van der Waals surface area contributed by atoms with Crippen molar-refractivity contribution < 1.29 is 9.47 Å². The first kappa shape index (κ1) is 25.9. The van der Waals surface area contributed by atoms with Crippen molar-refractivity contribution in [1.82, 2.24) is 15.5 Å². The summed E-state index contributed by atoms with van der Waals surface area (Å²) in [7, 11) is 0. The van der Waals surface area contributed by atoms with E-state index in [0.29, 0.717) is 18.7 Å². The summed E-state index contributed by atoms with van der Waals surface area (Å²) in [5, 5.41) is 6.76. The molecule has 0 aromatic carbocycles. The average Bonchev–Trinajstić information content (AvgIpc) is 3.05. The predicted molar refractivity (Wildman–Crippen MR) is 121 cm³/mol. The number of hydrogen-bond donors (Lipinski definition) is 2. The van der Waals surface area contributed by atoms with Gasteiger partial charge in [0.25, 0.3) is 0 Å². The molecule has 0 radical (unpaired) electrons. The average molecular weight is 484 g/mol. The minimum atomic E-state index is 0. The summed E-state index contributed by atoms with van der Waals surface area (Å²) in [6.45, 7) is 18.2. The molecule has 1 saturated heterocycles. The van der Waals surface area contributed by atoms with Crippen LogP contribution in [-0.2, 0) is 9.47 Å². The maximum atomic E-state index is 5.88. The van der Waals surface area contributed by atoms with Crippen molar-refractivity contribution in [3.05, 3.63) is 0 Å². The lowest BCUT2D eigenvalue weighted by molar-refractivity contribution is 0.0347. The summed E-state index contributed by atoms with van der Waals surface area (Å²) >= 11 is 0. The number of halogens is 1. The Morgan fingerprint density at radius 1 is 1.23 bits per heavy atom. The van der Waals surface area contributed by atoms with Crippen molar-refractivity contribution in [3.8, 4) is 0 Å². The fourth-order valence-electron chi connectivity index (χ4n) is 3.08. The Morgan fingerprint density at radius 2 is 1.92 bits per heavy atom. The van der Waals surface area contributed by atoms with Crippen LogP contribution in [0.15, 0.2) is 4.99 Å². The summed E-state index contributed by atoms with van der Waals surface area (Å²) < 4.78 is 11.2. The van der Waals surface area contributed by atoms with E-state index in [1.807, 2.05) is 0 Å². The van der Waals surface area contributed by atoms with Gasteiger partial charge in [-0.3, -0.25) is 9.89 Å². The van der Waals surface area contributed by atoms with Crippen LogP contribution in [0.5, 0.6) is 0 Å². The minimum Gasteiger partial charge on any atom is -0.379 e. The van der Waals surface area contributed by atoms with Gasteiger partial charge in [0, 0.05) is 44.4 Å². The number of guanidine groups is 1. The molecule has 2 N–H and O–H groups in total. The summed E-state index contributed by atoms with van der Waals surface area (Å²) in [6.07, 6.45) is 2.32. The fraction of sp³-hybridized carbons (Fsp3) is 0.947. The quantitative estimate of drug-likeness (QED) is 0.205. The van der Waals surface area contributed by atoms with Crippen molar-refractivity contribution in [2.24, 2.45) is 4.99 Å². The van der Waals surface area contributed by atoms with E-state index >= 15 is 0 Å². The van der Waals surface area contributed by atoms with E-state index in [1.54, 1.807) is 0 Å². The summed E-state index contributed by atoms with van der Waals surface area (Å²) in [5.74, 6) is 0.877. The van der Waals surface area contributed by atoms with E-state index in [-0.39, 0.29) is 36.1 Å². The van der Waals surface area contributed by atoms with E-state index in [9.17, 15) is 0 Å². The Kier molecular flexibility index (Phi) is 14.8.